The van der Waals surface area contributed by atoms with Gasteiger partial charge in [0.2, 0.25) is 0 Å². The molecule has 0 bridgehead atoms. The first kappa shape index (κ1) is 11.6. The summed E-state index contributed by atoms with van der Waals surface area (Å²) >= 11 is 0. The topological polar surface area (TPSA) is 43.4 Å². The predicted octanol–water partition coefficient (Wildman–Crippen LogP) is 2.64. The molecule has 0 saturated carbocycles. The van der Waals surface area contributed by atoms with E-state index >= 15 is 0 Å². The minimum atomic E-state index is -2.51. The van der Waals surface area contributed by atoms with Crippen LogP contribution in [-0.2, 0) is 9.09 Å². The Morgan fingerprint density at radius 2 is 1.41 bits per heavy atom. The molecule has 0 amide bonds. The predicted molar refractivity (Wildman–Crippen MR) is 66.9 cm³/mol. The molecule has 0 radical (unpaired) electrons. The molecule has 2 rings (SSSR count). The van der Waals surface area contributed by atoms with E-state index < -0.39 is 14.0 Å². The van der Waals surface area contributed by atoms with E-state index in [0.29, 0.717) is 10.9 Å². The van der Waals surface area contributed by atoms with Crippen molar-refractivity contribution in [2.45, 2.75) is 0 Å². The third-order valence-electron chi connectivity index (χ3n) is 2.20. The lowest BCUT2D eigenvalue weighted by Gasteiger charge is -2.04. The van der Waals surface area contributed by atoms with Crippen LogP contribution in [0.25, 0.3) is 0 Å². The summed E-state index contributed by atoms with van der Waals surface area (Å²) in [5, 5.41) is 0.543. The third-order valence-corrected chi connectivity index (χ3v) is 3.38. The molecule has 2 aromatic rings. The first-order chi connectivity index (χ1) is 8.27. The summed E-state index contributed by atoms with van der Waals surface area (Å²) in [6, 6.07) is 17.2. The standard InChI is InChI=1S/C13H11O3P/c14-13(11-7-3-1-4-8-11)16-17(15)12-9-5-2-6-10-12/h1-10,17H. The smallest absolute Gasteiger partial charge is 0.343 e. The highest BCUT2D eigenvalue weighted by atomic mass is 31.1. The molecule has 0 aliphatic carbocycles. The SMILES string of the molecule is O=C(O[PH](=O)c1ccccc1)c1ccccc1. The monoisotopic (exact) mass is 246 g/mol. The molecule has 17 heavy (non-hydrogen) atoms. The second kappa shape index (κ2) is 5.46. The van der Waals surface area contributed by atoms with Crippen molar-refractivity contribution in [3.8, 4) is 0 Å². The fourth-order valence-corrected chi connectivity index (χ4v) is 2.22. The first-order valence-corrected chi connectivity index (χ1v) is 6.45. The van der Waals surface area contributed by atoms with Gasteiger partial charge in [0.05, 0.1) is 5.56 Å². The van der Waals surface area contributed by atoms with Gasteiger partial charge in [-0.05, 0) is 24.3 Å². The molecule has 86 valence electrons. The van der Waals surface area contributed by atoms with Crippen molar-refractivity contribution in [3.63, 3.8) is 0 Å². The second-order valence-electron chi connectivity index (χ2n) is 3.41. The summed E-state index contributed by atoms with van der Waals surface area (Å²) in [5.41, 5.74) is 0.404. The minimum absolute atomic E-state index is 0.404. The maximum Gasteiger partial charge on any atom is 0.343 e. The number of carbonyl (C=O) groups is 1. The third kappa shape index (κ3) is 3.05. The van der Waals surface area contributed by atoms with Gasteiger partial charge in [-0.1, -0.05) is 36.4 Å². The summed E-state index contributed by atoms with van der Waals surface area (Å²) in [7, 11) is -2.51. The molecule has 2 aromatic carbocycles. The molecular weight excluding hydrogens is 235 g/mol. The summed E-state index contributed by atoms with van der Waals surface area (Å²) < 4.78 is 16.7. The zero-order valence-corrected chi connectivity index (χ0v) is 10.00. The molecule has 1 unspecified atom stereocenters. The summed E-state index contributed by atoms with van der Waals surface area (Å²) in [4.78, 5) is 11.6. The van der Waals surface area contributed by atoms with E-state index in [9.17, 15) is 9.36 Å². The Balaban J connectivity index is 2.08. The Morgan fingerprint density at radius 3 is 2.00 bits per heavy atom. The van der Waals surface area contributed by atoms with Crippen molar-refractivity contribution in [1.82, 2.24) is 0 Å². The zero-order valence-electron chi connectivity index (χ0n) is 9.00. The molecule has 0 heterocycles. The molecular formula is C13H11O3P. The summed E-state index contributed by atoms with van der Waals surface area (Å²) in [6.45, 7) is 0. The van der Waals surface area contributed by atoms with E-state index in [4.69, 9.17) is 4.52 Å². The van der Waals surface area contributed by atoms with Crippen molar-refractivity contribution in [3.05, 3.63) is 66.2 Å². The normalized spacial score (nSPS) is 11.8. The summed E-state index contributed by atoms with van der Waals surface area (Å²) in [5.74, 6) is -0.557. The maximum absolute atomic E-state index is 11.8. The van der Waals surface area contributed by atoms with Crippen molar-refractivity contribution >= 4 is 19.3 Å². The van der Waals surface area contributed by atoms with Gasteiger partial charge >= 0.3 is 5.97 Å². The van der Waals surface area contributed by atoms with E-state index in [1.807, 2.05) is 6.07 Å². The first-order valence-electron chi connectivity index (χ1n) is 5.14. The van der Waals surface area contributed by atoms with E-state index in [0.717, 1.165) is 0 Å². The fraction of sp³-hybridized carbons (Fsp3) is 0. The van der Waals surface area contributed by atoms with Crippen molar-refractivity contribution in [2.24, 2.45) is 0 Å². The van der Waals surface area contributed by atoms with Gasteiger partial charge in [0.15, 0.2) is 0 Å². The van der Waals surface area contributed by atoms with Crippen LogP contribution in [0.3, 0.4) is 0 Å². The fourth-order valence-electron chi connectivity index (χ4n) is 1.35. The largest absolute Gasteiger partial charge is 0.407 e. The van der Waals surface area contributed by atoms with E-state index in [1.165, 1.54) is 0 Å². The molecule has 0 aromatic heterocycles. The van der Waals surface area contributed by atoms with Crippen LogP contribution in [0, 0.1) is 0 Å². The van der Waals surface area contributed by atoms with E-state index in [1.54, 1.807) is 54.6 Å². The number of hydrogen-bond donors (Lipinski definition) is 0. The molecule has 0 aliphatic rings. The van der Waals surface area contributed by atoms with Gasteiger partial charge < -0.3 is 4.52 Å². The Hall–Kier alpha value is -1.86. The van der Waals surface area contributed by atoms with Crippen LogP contribution in [-0.4, -0.2) is 5.97 Å². The lowest BCUT2D eigenvalue weighted by Crippen LogP contribution is -2.04. The summed E-state index contributed by atoms with van der Waals surface area (Å²) in [6.07, 6.45) is 0. The lowest BCUT2D eigenvalue weighted by atomic mass is 10.2. The van der Waals surface area contributed by atoms with Crippen LogP contribution in [0.4, 0.5) is 0 Å². The Morgan fingerprint density at radius 1 is 0.882 bits per heavy atom. The second-order valence-corrected chi connectivity index (χ2v) is 4.77. The van der Waals surface area contributed by atoms with Crippen LogP contribution in [0.1, 0.15) is 10.4 Å². The number of rotatable bonds is 3. The van der Waals surface area contributed by atoms with Crippen LogP contribution in [0.15, 0.2) is 60.7 Å². The van der Waals surface area contributed by atoms with Crippen LogP contribution in [0.5, 0.6) is 0 Å². The average Bonchev–Trinajstić information content (AvgIpc) is 2.40. The molecule has 3 nitrogen and oxygen atoms in total. The Bertz CT molecular complexity index is 473. The quantitative estimate of drug-likeness (QED) is 0.782. The molecule has 1 atom stereocenters. The van der Waals surface area contributed by atoms with Gasteiger partial charge in [-0.25, -0.2) is 4.79 Å². The van der Waals surface area contributed by atoms with Crippen LogP contribution < -0.4 is 5.30 Å². The molecule has 0 spiro atoms. The van der Waals surface area contributed by atoms with Crippen molar-refractivity contribution < 1.29 is 13.9 Å². The van der Waals surface area contributed by atoms with Crippen LogP contribution in [0.2, 0.25) is 0 Å². The van der Waals surface area contributed by atoms with Gasteiger partial charge in [-0.15, -0.1) is 0 Å². The molecule has 0 aliphatic heterocycles. The minimum Gasteiger partial charge on any atom is -0.407 e. The molecule has 0 saturated heterocycles. The average molecular weight is 246 g/mol. The van der Waals surface area contributed by atoms with Crippen molar-refractivity contribution in [2.75, 3.05) is 0 Å². The Kier molecular flexibility index (Phi) is 3.73. The van der Waals surface area contributed by atoms with E-state index in [2.05, 4.69) is 0 Å². The molecule has 0 N–H and O–H groups in total. The highest BCUT2D eigenvalue weighted by molar-refractivity contribution is 7.49. The van der Waals surface area contributed by atoms with Gasteiger partial charge in [0.1, 0.15) is 0 Å². The number of carbonyl (C=O) groups excluding carboxylic acids is 1. The highest BCUT2D eigenvalue weighted by Gasteiger charge is 2.11. The molecule has 4 heteroatoms. The van der Waals surface area contributed by atoms with Gasteiger partial charge in [0, 0.05) is 5.30 Å². The zero-order chi connectivity index (χ0) is 12.1. The number of benzene rings is 2. The van der Waals surface area contributed by atoms with Crippen molar-refractivity contribution in [1.29, 1.82) is 0 Å². The van der Waals surface area contributed by atoms with Gasteiger partial charge in [0.25, 0.3) is 8.03 Å². The van der Waals surface area contributed by atoms with Crippen LogP contribution >= 0.6 is 8.03 Å². The Labute approximate surface area is 99.9 Å². The highest BCUT2D eigenvalue weighted by Crippen LogP contribution is 2.23. The molecule has 0 fully saturated rings. The lowest BCUT2D eigenvalue weighted by molar-refractivity contribution is 0.0752. The van der Waals surface area contributed by atoms with Gasteiger partial charge in [-0.2, -0.15) is 0 Å². The number of hydrogen-bond acceptors (Lipinski definition) is 3. The van der Waals surface area contributed by atoms with Gasteiger partial charge in [-0.3, -0.25) is 4.57 Å². The van der Waals surface area contributed by atoms with E-state index in [-0.39, 0.29) is 0 Å². The maximum atomic E-state index is 11.8.